The molecule has 0 saturated carbocycles. The van der Waals surface area contributed by atoms with E-state index in [0.29, 0.717) is 5.76 Å². The van der Waals surface area contributed by atoms with Gasteiger partial charge < -0.3 is 15.1 Å². The van der Waals surface area contributed by atoms with Crippen molar-refractivity contribution in [2.75, 3.05) is 5.32 Å². The van der Waals surface area contributed by atoms with E-state index in [1.54, 1.807) is 12.1 Å². The van der Waals surface area contributed by atoms with E-state index in [0.717, 1.165) is 22.2 Å². The normalized spacial score (nSPS) is 18.5. The van der Waals surface area contributed by atoms with Crippen LogP contribution in [-0.4, -0.2) is 21.9 Å². The number of furan rings is 1. The molecule has 0 radical (unpaired) electrons. The van der Waals surface area contributed by atoms with Crippen LogP contribution in [0.5, 0.6) is 0 Å². The molecule has 3 aromatic rings. The van der Waals surface area contributed by atoms with Crippen molar-refractivity contribution in [2.24, 2.45) is 0 Å². The topological polar surface area (TPSA) is 72.1 Å². The van der Waals surface area contributed by atoms with Crippen LogP contribution < -0.4 is 10.6 Å². The zero-order valence-corrected chi connectivity index (χ0v) is 16.2. The van der Waals surface area contributed by atoms with Gasteiger partial charge in [-0.25, -0.2) is 4.68 Å². The molecule has 0 bridgehead atoms. The zero-order chi connectivity index (χ0) is 21.3. The smallest absolute Gasteiger partial charge is 0.410 e. The van der Waals surface area contributed by atoms with Gasteiger partial charge >= 0.3 is 6.18 Å². The van der Waals surface area contributed by atoms with Crippen molar-refractivity contribution in [2.45, 2.75) is 44.6 Å². The van der Waals surface area contributed by atoms with Gasteiger partial charge in [-0.15, -0.1) is 0 Å². The lowest BCUT2D eigenvalue weighted by atomic mass is 9.95. The van der Waals surface area contributed by atoms with Crippen LogP contribution in [-0.2, 0) is 13.0 Å². The maximum absolute atomic E-state index is 13.8. The SMILES string of the molecule is CCc1ccc(C2CC(C(F)(F)F)n3ncc(C(=O)NCc4ccco4)c3N2)cc1. The van der Waals surface area contributed by atoms with E-state index >= 15 is 0 Å². The Balaban J connectivity index is 1.63. The lowest BCUT2D eigenvalue weighted by Crippen LogP contribution is -2.36. The van der Waals surface area contributed by atoms with E-state index in [9.17, 15) is 18.0 Å². The molecule has 2 aromatic heterocycles. The minimum Gasteiger partial charge on any atom is -0.467 e. The minimum atomic E-state index is -4.49. The average molecular weight is 418 g/mol. The summed E-state index contributed by atoms with van der Waals surface area (Å²) in [6.45, 7) is 2.14. The van der Waals surface area contributed by atoms with Crippen molar-refractivity contribution in [3.8, 4) is 0 Å². The summed E-state index contributed by atoms with van der Waals surface area (Å²) in [6.07, 6.45) is -1.21. The Morgan fingerprint density at radius 2 is 2.07 bits per heavy atom. The van der Waals surface area contributed by atoms with E-state index in [-0.39, 0.29) is 24.3 Å². The standard InChI is InChI=1S/C21H21F3N4O2/c1-2-13-5-7-14(8-6-13)17-10-18(21(22,23)24)28-19(27-17)16(12-26-28)20(29)25-11-15-4-3-9-30-15/h3-9,12,17-18,27H,2,10-11H2,1H3,(H,25,29). The first-order valence-electron chi connectivity index (χ1n) is 9.67. The number of nitrogens with one attached hydrogen (secondary N) is 2. The van der Waals surface area contributed by atoms with Crippen LogP contribution in [0.1, 0.15) is 52.7 Å². The van der Waals surface area contributed by atoms with Gasteiger partial charge in [0.25, 0.3) is 5.91 Å². The van der Waals surface area contributed by atoms with Gasteiger partial charge in [0.15, 0.2) is 6.04 Å². The highest BCUT2D eigenvalue weighted by atomic mass is 19.4. The molecule has 9 heteroatoms. The number of halogens is 3. The van der Waals surface area contributed by atoms with E-state index in [2.05, 4.69) is 15.7 Å². The first-order chi connectivity index (χ1) is 14.4. The molecule has 1 aliphatic heterocycles. The number of benzene rings is 1. The van der Waals surface area contributed by atoms with Crippen molar-refractivity contribution >= 4 is 11.7 Å². The summed E-state index contributed by atoms with van der Waals surface area (Å²) < 4.78 is 47.3. The molecule has 2 unspecified atom stereocenters. The summed E-state index contributed by atoms with van der Waals surface area (Å²) in [5.41, 5.74) is 1.89. The third-order valence-electron chi connectivity index (χ3n) is 5.28. The molecule has 0 fully saturated rings. The molecule has 2 atom stereocenters. The number of carbonyl (C=O) groups is 1. The van der Waals surface area contributed by atoms with Gasteiger partial charge in [-0.1, -0.05) is 31.2 Å². The lowest BCUT2D eigenvalue weighted by Gasteiger charge is -2.34. The number of aryl methyl sites for hydroxylation is 1. The van der Waals surface area contributed by atoms with Crippen LogP contribution in [0.25, 0.3) is 0 Å². The number of aromatic nitrogens is 2. The summed E-state index contributed by atoms with van der Waals surface area (Å²) >= 11 is 0. The molecule has 0 spiro atoms. The second-order valence-electron chi connectivity index (χ2n) is 7.20. The van der Waals surface area contributed by atoms with Gasteiger partial charge in [-0.05, 0) is 29.7 Å². The molecule has 0 aliphatic carbocycles. The number of hydrogen-bond donors (Lipinski definition) is 2. The van der Waals surface area contributed by atoms with Crippen molar-refractivity contribution in [1.29, 1.82) is 0 Å². The monoisotopic (exact) mass is 418 g/mol. The number of hydrogen-bond acceptors (Lipinski definition) is 4. The molecular weight excluding hydrogens is 397 g/mol. The fourth-order valence-electron chi connectivity index (χ4n) is 3.61. The van der Waals surface area contributed by atoms with Crippen LogP contribution in [0, 0.1) is 0 Å². The number of fused-ring (bicyclic) bond motifs is 1. The molecule has 0 saturated heterocycles. The number of anilines is 1. The van der Waals surface area contributed by atoms with Crippen molar-refractivity contribution in [1.82, 2.24) is 15.1 Å². The highest BCUT2D eigenvalue weighted by Crippen LogP contribution is 2.44. The van der Waals surface area contributed by atoms with Crippen LogP contribution in [0.3, 0.4) is 0 Å². The Morgan fingerprint density at radius 3 is 2.70 bits per heavy atom. The summed E-state index contributed by atoms with van der Waals surface area (Å²) in [4.78, 5) is 12.6. The first-order valence-corrected chi connectivity index (χ1v) is 9.67. The minimum absolute atomic E-state index is 0.0603. The Hall–Kier alpha value is -3.23. The Morgan fingerprint density at radius 1 is 1.30 bits per heavy atom. The fourth-order valence-corrected chi connectivity index (χ4v) is 3.61. The van der Waals surface area contributed by atoms with Gasteiger partial charge in [-0.3, -0.25) is 4.79 Å². The summed E-state index contributed by atoms with van der Waals surface area (Å²) in [5, 5.41) is 9.62. The van der Waals surface area contributed by atoms with E-state index < -0.39 is 24.2 Å². The van der Waals surface area contributed by atoms with E-state index in [4.69, 9.17) is 4.42 Å². The average Bonchev–Trinajstić information content (AvgIpc) is 3.40. The van der Waals surface area contributed by atoms with Gasteiger partial charge in [0.2, 0.25) is 0 Å². The molecule has 30 heavy (non-hydrogen) atoms. The van der Waals surface area contributed by atoms with Gasteiger partial charge in [-0.2, -0.15) is 18.3 Å². The predicted octanol–water partition coefficient (Wildman–Crippen LogP) is 4.63. The molecule has 3 heterocycles. The largest absolute Gasteiger partial charge is 0.467 e. The summed E-state index contributed by atoms with van der Waals surface area (Å²) in [5.74, 6) is 0.0764. The Labute approximate surface area is 171 Å². The second kappa shape index (κ2) is 7.89. The molecule has 1 amide bonds. The van der Waals surface area contributed by atoms with Gasteiger partial charge in [0, 0.05) is 6.42 Å². The molecule has 2 N–H and O–H groups in total. The number of amides is 1. The van der Waals surface area contributed by atoms with Crippen molar-refractivity contribution in [3.63, 3.8) is 0 Å². The van der Waals surface area contributed by atoms with Crippen LogP contribution in [0.2, 0.25) is 0 Å². The number of rotatable bonds is 5. The molecular formula is C21H21F3N4O2. The van der Waals surface area contributed by atoms with Gasteiger partial charge in [0.1, 0.15) is 17.1 Å². The molecule has 1 aliphatic rings. The third kappa shape index (κ3) is 3.92. The van der Waals surface area contributed by atoms with Crippen LogP contribution >= 0.6 is 0 Å². The summed E-state index contributed by atoms with van der Waals surface area (Å²) in [7, 11) is 0. The van der Waals surface area contributed by atoms with Crippen molar-refractivity contribution in [3.05, 3.63) is 71.3 Å². The highest BCUT2D eigenvalue weighted by Gasteiger charge is 2.47. The number of alkyl halides is 3. The number of carbonyl (C=O) groups excluding carboxylic acids is 1. The Bertz CT molecular complexity index is 1010. The number of nitrogens with zero attached hydrogens (tertiary/aromatic N) is 2. The zero-order valence-electron chi connectivity index (χ0n) is 16.2. The molecule has 4 rings (SSSR count). The Kier molecular flexibility index (Phi) is 5.27. The summed E-state index contributed by atoms with van der Waals surface area (Å²) in [6, 6.07) is 8.43. The lowest BCUT2D eigenvalue weighted by molar-refractivity contribution is -0.173. The second-order valence-corrected chi connectivity index (χ2v) is 7.20. The third-order valence-corrected chi connectivity index (χ3v) is 5.28. The first kappa shape index (κ1) is 20.1. The fraction of sp³-hybridized carbons (Fsp3) is 0.333. The maximum Gasteiger partial charge on any atom is 0.410 e. The van der Waals surface area contributed by atoms with E-state index in [1.165, 1.54) is 12.5 Å². The maximum atomic E-state index is 13.8. The van der Waals surface area contributed by atoms with E-state index in [1.807, 2.05) is 31.2 Å². The highest BCUT2D eigenvalue weighted by molar-refractivity contribution is 5.98. The van der Waals surface area contributed by atoms with Crippen LogP contribution in [0.4, 0.5) is 19.0 Å². The van der Waals surface area contributed by atoms with Gasteiger partial charge in [0.05, 0.1) is 25.0 Å². The van der Waals surface area contributed by atoms with Crippen LogP contribution in [0.15, 0.2) is 53.3 Å². The molecule has 158 valence electrons. The predicted molar refractivity (Wildman–Crippen MR) is 104 cm³/mol. The quantitative estimate of drug-likeness (QED) is 0.634. The molecule has 6 nitrogen and oxygen atoms in total. The van der Waals surface area contributed by atoms with Crippen molar-refractivity contribution < 1.29 is 22.4 Å². The molecule has 1 aromatic carbocycles.